The molecule has 0 atom stereocenters. The molecule has 11 heavy (non-hydrogen) atoms. The number of hydrogen-bond acceptors (Lipinski definition) is 1. The lowest BCUT2D eigenvalue weighted by Gasteiger charge is -2.21. The third kappa shape index (κ3) is 2.32. The molecule has 0 saturated heterocycles. The van der Waals surface area contributed by atoms with Crippen molar-refractivity contribution in [2.75, 3.05) is 0 Å². The van der Waals surface area contributed by atoms with Crippen molar-refractivity contribution in [2.45, 2.75) is 52.4 Å². The van der Waals surface area contributed by atoms with Crippen LogP contribution in [0.15, 0.2) is 0 Å². The molecule has 1 fully saturated rings. The average molecular weight is 154 g/mol. The summed E-state index contributed by atoms with van der Waals surface area (Å²) in [5.41, 5.74) is 0.368. The molecule has 1 heteroatoms. The van der Waals surface area contributed by atoms with Crippen LogP contribution in [-0.2, 0) is 4.79 Å². The Hall–Kier alpha value is -0.330. The van der Waals surface area contributed by atoms with E-state index in [0.717, 1.165) is 12.8 Å². The van der Waals surface area contributed by atoms with Gasteiger partial charge in [-0.2, -0.15) is 0 Å². The van der Waals surface area contributed by atoms with Gasteiger partial charge in [0.25, 0.3) is 0 Å². The van der Waals surface area contributed by atoms with E-state index in [-0.39, 0.29) is 0 Å². The molecule has 0 N–H and O–H groups in total. The minimum atomic E-state index is 0.368. The fraction of sp³-hybridized carbons (Fsp3) is 0.900. The molecular formula is C10H18O. The summed E-state index contributed by atoms with van der Waals surface area (Å²) in [4.78, 5) is 11.2. The second-order valence-corrected chi connectivity index (χ2v) is 4.09. The highest BCUT2D eigenvalue weighted by molar-refractivity contribution is 5.78. The molecule has 1 nitrogen and oxygen atoms in total. The number of carbonyl (C=O) groups is 1. The van der Waals surface area contributed by atoms with E-state index in [1.807, 2.05) is 6.92 Å². The van der Waals surface area contributed by atoms with Gasteiger partial charge in [-0.05, 0) is 18.3 Å². The molecule has 0 spiro atoms. The van der Waals surface area contributed by atoms with Gasteiger partial charge in [0.15, 0.2) is 0 Å². The largest absolute Gasteiger partial charge is 0.300 e. The summed E-state index contributed by atoms with van der Waals surface area (Å²) in [6.07, 6.45) is 6.72. The molecule has 1 aliphatic rings. The van der Waals surface area contributed by atoms with Gasteiger partial charge in [-0.1, -0.05) is 26.7 Å². The maximum absolute atomic E-state index is 11.2. The van der Waals surface area contributed by atoms with E-state index in [9.17, 15) is 4.79 Å². The molecule has 0 unspecified atom stereocenters. The average Bonchev–Trinajstić information content (AvgIpc) is 2.36. The maximum atomic E-state index is 11.2. The van der Waals surface area contributed by atoms with Gasteiger partial charge in [-0.15, -0.1) is 0 Å². The van der Waals surface area contributed by atoms with Gasteiger partial charge in [0, 0.05) is 12.8 Å². The molecule has 0 aromatic heterocycles. The predicted molar refractivity (Wildman–Crippen MR) is 46.5 cm³/mol. The minimum Gasteiger partial charge on any atom is -0.300 e. The molecule has 1 rings (SSSR count). The Kier molecular flexibility index (Phi) is 2.69. The Balaban J connectivity index is 2.39. The molecule has 64 valence electrons. The highest BCUT2D eigenvalue weighted by atomic mass is 16.1. The highest BCUT2D eigenvalue weighted by Crippen LogP contribution is 2.40. The van der Waals surface area contributed by atoms with Crippen LogP contribution in [0.4, 0.5) is 0 Å². The van der Waals surface area contributed by atoms with Crippen molar-refractivity contribution in [1.29, 1.82) is 0 Å². The van der Waals surface area contributed by atoms with Crippen LogP contribution in [0.2, 0.25) is 0 Å². The SMILES string of the molecule is CCC(=O)CC1(C)CCCC1. The zero-order valence-electron chi connectivity index (χ0n) is 7.65. The molecule has 1 saturated carbocycles. The van der Waals surface area contributed by atoms with Crippen LogP contribution in [0.5, 0.6) is 0 Å². The summed E-state index contributed by atoms with van der Waals surface area (Å²) in [6, 6.07) is 0. The van der Waals surface area contributed by atoms with E-state index in [2.05, 4.69) is 6.92 Å². The summed E-state index contributed by atoms with van der Waals surface area (Å²) < 4.78 is 0. The number of carbonyl (C=O) groups excluding carboxylic acids is 1. The molecule has 0 heterocycles. The molecular weight excluding hydrogens is 136 g/mol. The highest BCUT2D eigenvalue weighted by Gasteiger charge is 2.30. The first kappa shape index (κ1) is 8.76. The molecule has 0 bridgehead atoms. The van der Waals surface area contributed by atoms with Crippen molar-refractivity contribution in [3.63, 3.8) is 0 Å². The fourth-order valence-corrected chi connectivity index (χ4v) is 2.01. The second-order valence-electron chi connectivity index (χ2n) is 4.09. The Morgan fingerprint density at radius 2 is 1.91 bits per heavy atom. The van der Waals surface area contributed by atoms with Gasteiger partial charge in [0.2, 0.25) is 0 Å². The van der Waals surface area contributed by atoms with E-state index in [4.69, 9.17) is 0 Å². The third-order valence-electron chi connectivity index (χ3n) is 2.83. The lowest BCUT2D eigenvalue weighted by atomic mass is 9.83. The Bertz CT molecular complexity index is 143. The quantitative estimate of drug-likeness (QED) is 0.611. The first-order valence-corrected chi connectivity index (χ1v) is 4.68. The summed E-state index contributed by atoms with van der Waals surface area (Å²) >= 11 is 0. The fourth-order valence-electron chi connectivity index (χ4n) is 2.01. The lowest BCUT2D eigenvalue weighted by molar-refractivity contribution is -0.120. The van der Waals surface area contributed by atoms with E-state index in [1.54, 1.807) is 0 Å². The monoisotopic (exact) mass is 154 g/mol. The molecule has 0 aliphatic heterocycles. The maximum Gasteiger partial charge on any atom is 0.133 e. The third-order valence-corrected chi connectivity index (χ3v) is 2.83. The van der Waals surface area contributed by atoms with Gasteiger partial charge in [0.05, 0.1) is 0 Å². The van der Waals surface area contributed by atoms with Crippen molar-refractivity contribution in [1.82, 2.24) is 0 Å². The van der Waals surface area contributed by atoms with Crippen LogP contribution in [0.3, 0.4) is 0 Å². The first-order chi connectivity index (χ1) is 5.16. The molecule has 0 radical (unpaired) electrons. The summed E-state index contributed by atoms with van der Waals surface area (Å²) in [5, 5.41) is 0. The Morgan fingerprint density at radius 3 is 2.36 bits per heavy atom. The van der Waals surface area contributed by atoms with Gasteiger partial charge in [0.1, 0.15) is 5.78 Å². The van der Waals surface area contributed by atoms with Crippen LogP contribution >= 0.6 is 0 Å². The van der Waals surface area contributed by atoms with Crippen LogP contribution in [0.25, 0.3) is 0 Å². The zero-order valence-corrected chi connectivity index (χ0v) is 7.65. The zero-order chi connectivity index (χ0) is 8.32. The van der Waals surface area contributed by atoms with Crippen LogP contribution < -0.4 is 0 Å². The molecule has 0 aromatic rings. The van der Waals surface area contributed by atoms with Crippen molar-refractivity contribution < 1.29 is 4.79 Å². The standard InChI is InChI=1S/C10H18O/c1-3-9(11)8-10(2)6-4-5-7-10/h3-8H2,1-2H3. The van der Waals surface area contributed by atoms with E-state index in [1.165, 1.54) is 25.7 Å². The van der Waals surface area contributed by atoms with E-state index >= 15 is 0 Å². The van der Waals surface area contributed by atoms with Gasteiger partial charge >= 0.3 is 0 Å². The van der Waals surface area contributed by atoms with E-state index in [0.29, 0.717) is 11.2 Å². The smallest absolute Gasteiger partial charge is 0.133 e. The second kappa shape index (κ2) is 3.38. The normalized spacial score (nSPS) is 22.0. The predicted octanol–water partition coefficient (Wildman–Crippen LogP) is 2.94. The lowest BCUT2D eigenvalue weighted by Crippen LogP contribution is -2.16. The van der Waals surface area contributed by atoms with Crippen molar-refractivity contribution in [2.24, 2.45) is 5.41 Å². The van der Waals surface area contributed by atoms with Crippen LogP contribution in [-0.4, -0.2) is 5.78 Å². The molecule has 1 aliphatic carbocycles. The van der Waals surface area contributed by atoms with Gasteiger partial charge in [-0.25, -0.2) is 0 Å². The topological polar surface area (TPSA) is 17.1 Å². The number of hydrogen-bond donors (Lipinski definition) is 0. The van der Waals surface area contributed by atoms with Gasteiger partial charge in [-0.3, -0.25) is 4.79 Å². The van der Waals surface area contributed by atoms with Crippen molar-refractivity contribution >= 4 is 5.78 Å². The first-order valence-electron chi connectivity index (χ1n) is 4.68. The van der Waals surface area contributed by atoms with Crippen LogP contribution in [0.1, 0.15) is 52.4 Å². The number of ketones is 1. The van der Waals surface area contributed by atoms with Crippen molar-refractivity contribution in [3.8, 4) is 0 Å². The Labute approximate surface area is 69.2 Å². The summed E-state index contributed by atoms with van der Waals surface area (Å²) in [6.45, 7) is 4.22. The number of Topliss-reactive ketones (excluding diaryl/α,β-unsaturated/α-hetero) is 1. The Morgan fingerprint density at radius 1 is 1.36 bits per heavy atom. The molecule has 0 aromatic carbocycles. The number of rotatable bonds is 3. The minimum absolute atomic E-state index is 0.368. The summed E-state index contributed by atoms with van der Waals surface area (Å²) in [7, 11) is 0. The van der Waals surface area contributed by atoms with E-state index < -0.39 is 0 Å². The summed E-state index contributed by atoms with van der Waals surface area (Å²) in [5.74, 6) is 0.439. The van der Waals surface area contributed by atoms with Gasteiger partial charge < -0.3 is 0 Å². The molecule has 0 amide bonds. The van der Waals surface area contributed by atoms with Crippen molar-refractivity contribution in [3.05, 3.63) is 0 Å². The van der Waals surface area contributed by atoms with Crippen LogP contribution in [0, 0.1) is 5.41 Å².